The Balaban J connectivity index is 4.05. The van der Waals surface area contributed by atoms with Crippen molar-refractivity contribution in [3.63, 3.8) is 0 Å². The van der Waals surface area contributed by atoms with Gasteiger partial charge >= 0.3 is 5.97 Å². The molecule has 0 saturated heterocycles. The van der Waals surface area contributed by atoms with Gasteiger partial charge in [-0.15, -0.1) is 0 Å². The fourth-order valence-electron chi connectivity index (χ4n) is 6.59. The maximum absolute atomic E-state index is 12.3. The quantitative estimate of drug-likeness (QED) is 0.0390. The molecule has 1 atom stereocenters. The van der Waals surface area contributed by atoms with Crippen LogP contribution in [0.5, 0.6) is 0 Å². The van der Waals surface area contributed by atoms with E-state index in [9.17, 15) is 9.90 Å². The van der Waals surface area contributed by atoms with Gasteiger partial charge in [-0.25, -0.2) is 0 Å². The highest BCUT2D eigenvalue weighted by Crippen LogP contribution is 2.16. The summed E-state index contributed by atoms with van der Waals surface area (Å²) in [4.78, 5) is 14.7. The SMILES string of the molecule is CCCCCCCCOC(CCCCCCCN(CCO)CCCCCCCC(=O)OC(CC)CCCCCC)OCCCCCCCC. The first-order valence-corrected chi connectivity index (χ1v) is 21.9. The number of aliphatic hydroxyl groups excluding tert-OH is 1. The van der Waals surface area contributed by atoms with E-state index in [0.717, 1.165) is 84.2 Å². The third kappa shape index (κ3) is 35.5. The molecule has 6 nitrogen and oxygen atoms in total. The predicted octanol–water partition coefficient (Wildman–Crippen LogP) is 12.3. The number of unbranched alkanes of at least 4 members (excludes halogenated alkanes) is 21. The van der Waals surface area contributed by atoms with Crippen molar-refractivity contribution >= 4 is 5.97 Å². The minimum absolute atomic E-state index is 0.00931. The maximum Gasteiger partial charge on any atom is 0.306 e. The lowest BCUT2D eigenvalue weighted by Gasteiger charge is -2.21. The molecule has 0 aliphatic rings. The Bertz CT molecular complexity index is 630. The minimum Gasteiger partial charge on any atom is -0.462 e. The molecule has 0 spiro atoms. The Hall–Kier alpha value is -0.690. The van der Waals surface area contributed by atoms with Crippen LogP contribution in [-0.4, -0.2) is 67.8 Å². The Morgan fingerprint density at radius 1 is 0.510 bits per heavy atom. The van der Waals surface area contributed by atoms with Crippen molar-refractivity contribution in [2.75, 3.05) is 39.5 Å². The molecule has 294 valence electrons. The van der Waals surface area contributed by atoms with Crippen molar-refractivity contribution in [2.24, 2.45) is 0 Å². The van der Waals surface area contributed by atoms with Crippen LogP contribution in [0.2, 0.25) is 0 Å². The van der Waals surface area contributed by atoms with Crippen LogP contribution in [0.1, 0.15) is 220 Å². The molecule has 0 fully saturated rings. The predicted molar refractivity (Wildman–Crippen MR) is 210 cm³/mol. The number of hydrogen-bond acceptors (Lipinski definition) is 6. The Labute approximate surface area is 306 Å². The Morgan fingerprint density at radius 2 is 0.939 bits per heavy atom. The number of hydrogen-bond donors (Lipinski definition) is 1. The van der Waals surface area contributed by atoms with E-state index >= 15 is 0 Å². The van der Waals surface area contributed by atoms with Gasteiger partial charge in [0.1, 0.15) is 6.10 Å². The van der Waals surface area contributed by atoms with Crippen molar-refractivity contribution in [3.8, 4) is 0 Å². The van der Waals surface area contributed by atoms with Gasteiger partial charge in [0, 0.05) is 26.2 Å². The Kier molecular flexibility index (Phi) is 39.5. The van der Waals surface area contributed by atoms with E-state index in [1.165, 1.54) is 135 Å². The van der Waals surface area contributed by atoms with Crippen LogP contribution in [0.15, 0.2) is 0 Å². The molecule has 0 radical (unpaired) electrons. The van der Waals surface area contributed by atoms with Crippen LogP contribution in [0.3, 0.4) is 0 Å². The first kappa shape index (κ1) is 48.3. The van der Waals surface area contributed by atoms with Gasteiger partial charge in [0.25, 0.3) is 0 Å². The summed E-state index contributed by atoms with van der Waals surface area (Å²) in [5, 5.41) is 9.58. The third-order valence-electron chi connectivity index (χ3n) is 9.92. The van der Waals surface area contributed by atoms with Crippen LogP contribution >= 0.6 is 0 Å². The van der Waals surface area contributed by atoms with Gasteiger partial charge in [-0.1, -0.05) is 150 Å². The highest BCUT2D eigenvalue weighted by Gasteiger charge is 2.13. The molecular weight excluding hydrogens is 610 g/mol. The summed E-state index contributed by atoms with van der Waals surface area (Å²) in [6.07, 6.45) is 35.7. The van der Waals surface area contributed by atoms with Gasteiger partial charge in [0.2, 0.25) is 0 Å². The second-order valence-corrected chi connectivity index (χ2v) is 14.7. The maximum atomic E-state index is 12.3. The smallest absolute Gasteiger partial charge is 0.306 e. The van der Waals surface area contributed by atoms with Gasteiger partial charge in [0.15, 0.2) is 6.29 Å². The highest BCUT2D eigenvalue weighted by atomic mass is 16.7. The molecule has 0 rings (SSSR count). The van der Waals surface area contributed by atoms with E-state index in [-0.39, 0.29) is 25.0 Å². The van der Waals surface area contributed by atoms with Gasteiger partial charge < -0.3 is 24.2 Å². The van der Waals surface area contributed by atoms with Crippen molar-refractivity contribution < 1.29 is 24.1 Å². The average Bonchev–Trinajstić information content (AvgIpc) is 3.10. The normalized spacial score (nSPS) is 12.4. The molecule has 0 aromatic heterocycles. The van der Waals surface area contributed by atoms with E-state index in [4.69, 9.17) is 14.2 Å². The molecule has 49 heavy (non-hydrogen) atoms. The van der Waals surface area contributed by atoms with Crippen LogP contribution < -0.4 is 0 Å². The zero-order valence-corrected chi connectivity index (χ0v) is 33.6. The largest absolute Gasteiger partial charge is 0.462 e. The molecule has 0 heterocycles. The molecule has 0 amide bonds. The van der Waals surface area contributed by atoms with Gasteiger partial charge in [-0.05, 0) is 77.3 Å². The van der Waals surface area contributed by atoms with E-state index in [2.05, 4.69) is 32.6 Å². The second-order valence-electron chi connectivity index (χ2n) is 14.7. The summed E-state index contributed by atoms with van der Waals surface area (Å²) in [6, 6.07) is 0. The highest BCUT2D eigenvalue weighted by molar-refractivity contribution is 5.69. The lowest BCUT2D eigenvalue weighted by atomic mass is 10.1. The average molecular weight is 698 g/mol. The third-order valence-corrected chi connectivity index (χ3v) is 9.92. The van der Waals surface area contributed by atoms with Crippen molar-refractivity contribution in [2.45, 2.75) is 233 Å². The molecule has 0 aliphatic carbocycles. The molecular formula is C43H87NO5. The summed E-state index contributed by atoms with van der Waals surface area (Å²) < 4.78 is 18.2. The number of carbonyl (C=O) groups is 1. The van der Waals surface area contributed by atoms with Gasteiger partial charge in [-0.2, -0.15) is 0 Å². The monoisotopic (exact) mass is 698 g/mol. The first-order valence-electron chi connectivity index (χ1n) is 21.9. The summed E-state index contributed by atoms with van der Waals surface area (Å²) in [5.41, 5.74) is 0. The van der Waals surface area contributed by atoms with Crippen molar-refractivity contribution in [1.82, 2.24) is 4.90 Å². The molecule has 0 aliphatic heterocycles. The van der Waals surface area contributed by atoms with E-state index in [1.54, 1.807) is 0 Å². The fraction of sp³-hybridized carbons (Fsp3) is 0.977. The summed E-state index contributed by atoms with van der Waals surface area (Å²) in [7, 11) is 0. The fourth-order valence-corrected chi connectivity index (χ4v) is 6.59. The minimum atomic E-state index is -0.0290. The van der Waals surface area contributed by atoms with Crippen molar-refractivity contribution in [1.29, 1.82) is 0 Å². The molecule has 0 aromatic rings. The molecule has 1 unspecified atom stereocenters. The van der Waals surface area contributed by atoms with Gasteiger partial charge in [-0.3, -0.25) is 4.79 Å². The topological polar surface area (TPSA) is 68.2 Å². The van der Waals surface area contributed by atoms with Crippen LogP contribution in [0.25, 0.3) is 0 Å². The first-order chi connectivity index (χ1) is 24.1. The van der Waals surface area contributed by atoms with Crippen molar-refractivity contribution in [3.05, 3.63) is 0 Å². The second kappa shape index (κ2) is 40.1. The molecule has 1 N–H and O–H groups in total. The Morgan fingerprint density at radius 3 is 1.45 bits per heavy atom. The zero-order valence-electron chi connectivity index (χ0n) is 33.6. The number of esters is 1. The standard InChI is InChI=1S/C43H87NO5/c1-5-9-12-15-23-30-39-47-43(48-40-31-24-16-13-10-6-2)34-27-20-18-22-29-36-44(37-38-45)35-28-21-17-19-26-33-42(46)49-41(8-4)32-25-14-11-7-3/h41,43,45H,5-40H2,1-4H3. The number of aliphatic hydroxyl groups is 1. The summed E-state index contributed by atoms with van der Waals surface area (Å²) in [6.45, 7) is 13.7. The number of ether oxygens (including phenoxy) is 3. The molecule has 0 aromatic carbocycles. The van der Waals surface area contributed by atoms with E-state index < -0.39 is 0 Å². The van der Waals surface area contributed by atoms with Crippen LogP contribution in [0, 0.1) is 0 Å². The zero-order chi connectivity index (χ0) is 35.9. The van der Waals surface area contributed by atoms with E-state index in [0.29, 0.717) is 6.42 Å². The molecule has 6 heteroatoms. The van der Waals surface area contributed by atoms with E-state index in [1.807, 2.05) is 0 Å². The van der Waals surface area contributed by atoms with Gasteiger partial charge in [0.05, 0.1) is 6.61 Å². The lowest BCUT2D eigenvalue weighted by Crippen LogP contribution is -2.29. The lowest BCUT2D eigenvalue weighted by molar-refractivity contribution is -0.149. The summed E-state index contributed by atoms with van der Waals surface area (Å²) in [5.74, 6) is -0.00931. The number of nitrogens with zero attached hydrogens (tertiary/aromatic N) is 1. The number of rotatable bonds is 41. The van der Waals surface area contributed by atoms with Crippen LogP contribution in [0.4, 0.5) is 0 Å². The van der Waals surface area contributed by atoms with Crippen LogP contribution in [-0.2, 0) is 19.0 Å². The molecule has 0 saturated carbocycles. The number of carbonyl (C=O) groups excluding carboxylic acids is 1. The molecule has 0 bridgehead atoms. The summed E-state index contributed by atoms with van der Waals surface area (Å²) >= 11 is 0.